The molecule has 0 atom stereocenters. The second-order valence-electron chi connectivity index (χ2n) is 5.27. The molecule has 0 amide bonds. The third-order valence-electron chi connectivity index (χ3n) is 3.68. The highest BCUT2D eigenvalue weighted by molar-refractivity contribution is 5.87. The molecule has 116 valence electrons. The van der Waals surface area contributed by atoms with Crippen molar-refractivity contribution < 1.29 is 4.39 Å². The third kappa shape index (κ3) is 2.44. The van der Waals surface area contributed by atoms with Crippen molar-refractivity contribution in [3.8, 4) is 22.5 Å². The minimum atomic E-state index is -0.416. The van der Waals surface area contributed by atoms with Crippen LogP contribution in [0.15, 0.2) is 60.8 Å². The summed E-state index contributed by atoms with van der Waals surface area (Å²) in [4.78, 5) is 8.36. The van der Waals surface area contributed by atoms with Gasteiger partial charge < -0.3 is 5.73 Å². The van der Waals surface area contributed by atoms with E-state index in [-0.39, 0.29) is 5.95 Å². The molecule has 5 nitrogen and oxygen atoms in total. The number of rotatable bonds is 2. The van der Waals surface area contributed by atoms with Gasteiger partial charge in [0.1, 0.15) is 22.7 Å². The first-order valence-electron chi connectivity index (χ1n) is 7.32. The van der Waals surface area contributed by atoms with E-state index in [0.717, 1.165) is 5.56 Å². The van der Waals surface area contributed by atoms with Crippen LogP contribution in [-0.4, -0.2) is 20.2 Å². The number of hydrogen-bond acceptors (Lipinski definition) is 5. The van der Waals surface area contributed by atoms with Gasteiger partial charge in [-0.2, -0.15) is 0 Å². The summed E-state index contributed by atoms with van der Waals surface area (Å²) in [6.07, 6.45) is 1.56. The first kappa shape index (κ1) is 14.2. The molecule has 2 N–H and O–H groups in total. The van der Waals surface area contributed by atoms with Crippen LogP contribution in [0.3, 0.4) is 0 Å². The molecule has 2 aromatic heterocycles. The number of nitrogens with two attached hydrogens (primary N) is 1. The average Bonchev–Trinajstić information content (AvgIpc) is 2.62. The van der Waals surface area contributed by atoms with Crippen LogP contribution < -0.4 is 5.73 Å². The summed E-state index contributed by atoms with van der Waals surface area (Å²) < 4.78 is 14.4. The molecular formula is C18H12FN5. The van der Waals surface area contributed by atoms with Crippen LogP contribution in [-0.2, 0) is 0 Å². The van der Waals surface area contributed by atoms with Crippen molar-refractivity contribution >= 4 is 16.9 Å². The van der Waals surface area contributed by atoms with Crippen LogP contribution in [0, 0.1) is 5.82 Å². The number of nitrogens with zero attached hydrogens (tertiary/aromatic N) is 4. The van der Waals surface area contributed by atoms with Gasteiger partial charge in [-0.05, 0) is 18.2 Å². The molecule has 2 aromatic carbocycles. The second kappa shape index (κ2) is 5.66. The maximum absolute atomic E-state index is 14.4. The van der Waals surface area contributed by atoms with Gasteiger partial charge in [0.15, 0.2) is 0 Å². The molecule has 0 saturated heterocycles. The summed E-state index contributed by atoms with van der Waals surface area (Å²) >= 11 is 0. The number of fused-ring (bicyclic) bond motifs is 1. The molecule has 0 saturated carbocycles. The number of anilines is 1. The van der Waals surface area contributed by atoms with E-state index in [1.807, 2.05) is 36.4 Å². The van der Waals surface area contributed by atoms with Crippen molar-refractivity contribution in [1.29, 1.82) is 0 Å². The monoisotopic (exact) mass is 317 g/mol. The first-order valence-corrected chi connectivity index (χ1v) is 7.32. The molecule has 0 fully saturated rings. The zero-order valence-electron chi connectivity index (χ0n) is 12.5. The van der Waals surface area contributed by atoms with Gasteiger partial charge in [-0.25, -0.2) is 9.37 Å². The lowest BCUT2D eigenvalue weighted by Gasteiger charge is -2.09. The third-order valence-corrected chi connectivity index (χ3v) is 3.68. The molecule has 0 aliphatic carbocycles. The van der Waals surface area contributed by atoms with Gasteiger partial charge in [0.25, 0.3) is 0 Å². The highest BCUT2D eigenvalue weighted by Gasteiger charge is 2.15. The number of nitrogen functional groups attached to an aromatic ring is 1. The largest absolute Gasteiger partial charge is 0.366 e. The minimum absolute atomic E-state index is 0.0699. The van der Waals surface area contributed by atoms with Gasteiger partial charge in [0, 0.05) is 22.7 Å². The Morgan fingerprint density at radius 1 is 0.833 bits per heavy atom. The van der Waals surface area contributed by atoms with Gasteiger partial charge in [0.05, 0.1) is 0 Å². The van der Waals surface area contributed by atoms with E-state index >= 15 is 0 Å². The van der Waals surface area contributed by atoms with E-state index in [1.54, 1.807) is 18.3 Å². The Labute approximate surface area is 137 Å². The van der Waals surface area contributed by atoms with Crippen LogP contribution in [0.4, 0.5) is 10.3 Å². The molecule has 24 heavy (non-hydrogen) atoms. The maximum atomic E-state index is 14.4. The van der Waals surface area contributed by atoms with Crippen LogP contribution >= 0.6 is 0 Å². The molecule has 4 rings (SSSR count). The number of aromatic nitrogens is 4. The molecule has 0 unspecified atom stereocenters. The smallest absolute Gasteiger partial charge is 0.240 e. The normalized spacial score (nSPS) is 10.9. The summed E-state index contributed by atoms with van der Waals surface area (Å²) in [7, 11) is 0. The fraction of sp³-hybridized carbons (Fsp3) is 0. The van der Waals surface area contributed by atoms with E-state index < -0.39 is 5.82 Å². The Morgan fingerprint density at radius 2 is 1.67 bits per heavy atom. The van der Waals surface area contributed by atoms with Crippen molar-refractivity contribution in [2.75, 3.05) is 5.73 Å². The van der Waals surface area contributed by atoms with Crippen LogP contribution in [0.5, 0.6) is 0 Å². The molecule has 0 bridgehead atoms. The van der Waals surface area contributed by atoms with Crippen LogP contribution in [0.1, 0.15) is 0 Å². The van der Waals surface area contributed by atoms with Gasteiger partial charge in [-0.3, -0.25) is 4.98 Å². The standard InChI is InChI=1S/C18H12FN5/c19-14-10-13(9-12-7-4-8-21-15(12)14)17-16(22-18(20)24-23-17)11-5-2-1-3-6-11/h1-10H,(H2,20,22,24). The van der Waals surface area contributed by atoms with E-state index in [0.29, 0.717) is 27.9 Å². The minimum Gasteiger partial charge on any atom is -0.366 e. The Kier molecular flexibility index (Phi) is 3.35. The predicted molar refractivity (Wildman–Crippen MR) is 90.4 cm³/mol. The topological polar surface area (TPSA) is 77.6 Å². The van der Waals surface area contributed by atoms with Gasteiger partial charge in [-0.1, -0.05) is 36.4 Å². The lowest BCUT2D eigenvalue weighted by atomic mass is 10.0. The zero-order chi connectivity index (χ0) is 16.5. The summed E-state index contributed by atoms with van der Waals surface area (Å²) in [5.74, 6) is -0.346. The van der Waals surface area contributed by atoms with E-state index in [4.69, 9.17) is 5.73 Å². The average molecular weight is 317 g/mol. The quantitative estimate of drug-likeness (QED) is 0.612. The number of hydrogen-bond donors (Lipinski definition) is 1. The zero-order valence-corrected chi connectivity index (χ0v) is 12.5. The van der Waals surface area contributed by atoms with Gasteiger partial charge in [-0.15, -0.1) is 10.2 Å². The Bertz CT molecular complexity index is 1030. The van der Waals surface area contributed by atoms with Gasteiger partial charge in [0.2, 0.25) is 5.95 Å². The van der Waals surface area contributed by atoms with E-state index in [1.165, 1.54) is 6.07 Å². The fourth-order valence-electron chi connectivity index (χ4n) is 2.61. The molecule has 6 heteroatoms. The van der Waals surface area contributed by atoms with Crippen molar-refractivity contribution in [2.24, 2.45) is 0 Å². The van der Waals surface area contributed by atoms with Crippen molar-refractivity contribution in [1.82, 2.24) is 20.2 Å². The Hall–Kier alpha value is -3.41. The highest BCUT2D eigenvalue weighted by Crippen LogP contribution is 2.31. The van der Waals surface area contributed by atoms with Crippen LogP contribution in [0.25, 0.3) is 33.4 Å². The van der Waals surface area contributed by atoms with E-state index in [9.17, 15) is 4.39 Å². The lowest BCUT2D eigenvalue weighted by Crippen LogP contribution is -2.02. The summed E-state index contributed by atoms with van der Waals surface area (Å²) in [6, 6.07) is 16.3. The predicted octanol–water partition coefficient (Wildman–Crippen LogP) is 3.48. The SMILES string of the molecule is Nc1nnc(-c2cc(F)c3ncccc3c2)c(-c2ccccc2)n1. The Balaban J connectivity index is 1.97. The first-order chi connectivity index (χ1) is 11.7. The molecular weight excluding hydrogens is 305 g/mol. The number of halogens is 1. The summed E-state index contributed by atoms with van der Waals surface area (Å²) in [5, 5.41) is 8.66. The molecule has 0 spiro atoms. The Morgan fingerprint density at radius 3 is 2.50 bits per heavy atom. The molecule has 2 heterocycles. The fourth-order valence-corrected chi connectivity index (χ4v) is 2.61. The van der Waals surface area contributed by atoms with Crippen LogP contribution in [0.2, 0.25) is 0 Å². The van der Waals surface area contributed by atoms with Crippen molar-refractivity contribution in [3.05, 3.63) is 66.6 Å². The molecule has 0 aliphatic rings. The maximum Gasteiger partial charge on any atom is 0.240 e. The summed E-state index contributed by atoms with van der Waals surface area (Å²) in [6.45, 7) is 0. The second-order valence-corrected chi connectivity index (χ2v) is 5.27. The van der Waals surface area contributed by atoms with Crippen molar-refractivity contribution in [3.63, 3.8) is 0 Å². The molecule has 0 radical (unpaired) electrons. The van der Waals surface area contributed by atoms with E-state index in [2.05, 4.69) is 20.2 Å². The highest BCUT2D eigenvalue weighted by atomic mass is 19.1. The number of pyridine rings is 1. The van der Waals surface area contributed by atoms with Crippen molar-refractivity contribution in [2.45, 2.75) is 0 Å². The molecule has 0 aliphatic heterocycles. The molecule has 4 aromatic rings. The lowest BCUT2D eigenvalue weighted by molar-refractivity contribution is 0.637. The van der Waals surface area contributed by atoms with Gasteiger partial charge >= 0.3 is 0 Å². The summed E-state index contributed by atoms with van der Waals surface area (Å²) in [5.41, 5.74) is 8.46. The number of benzene rings is 2.